The lowest BCUT2D eigenvalue weighted by atomic mass is 10.2. The highest BCUT2D eigenvalue weighted by atomic mass is 16.5. The fourth-order valence-corrected chi connectivity index (χ4v) is 1.13. The highest BCUT2D eigenvalue weighted by molar-refractivity contribution is 5.96. The third-order valence-corrected chi connectivity index (χ3v) is 1.68. The number of nitrogens with zero attached hydrogens (tertiary/aromatic N) is 1. The number of rotatable bonds is 0. The minimum absolute atomic E-state index is 0.770. The Morgan fingerprint density at radius 3 is 3.27 bits per heavy atom. The molecule has 0 amide bonds. The van der Waals surface area contributed by atoms with Crippen LogP contribution in [0, 0.1) is 0 Å². The summed E-state index contributed by atoms with van der Waals surface area (Å²) < 4.78 is 5.29. The molecule has 0 N–H and O–H groups in total. The molecule has 0 aliphatic carbocycles. The van der Waals surface area contributed by atoms with Gasteiger partial charge in [0.05, 0.1) is 6.61 Å². The molecule has 0 unspecified atom stereocenters. The van der Waals surface area contributed by atoms with Gasteiger partial charge in [-0.1, -0.05) is 18.2 Å². The first-order chi connectivity index (χ1) is 5.47. The van der Waals surface area contributed by atoms with Crippen molar-refractivity contribution in [3.8, 4) is 0 Å². The van der Waals surface area contributed by atoms with Crippen LogP contribution in [-0.2, 0) is 4.74 Å². The summed E-state index contributed by atoms with van der Waals surface area (Å²) in [6.45, 7) is 0.770. The molecule has 0 bridgehead atoms. The Morgan fingerprint density at radius 1 is 1.27 bits per heavy atom. The van der Waals surface area contributed by atoms with Crippen LogP contribution in [-0.4, -0.2) is 12.5 Å². The van der Waals surface area contributed by atoms with Gasteiger partial charge in [-0.05, 0) is 6.08 Å². The van der Waals surface area contributed by atoms with E-state index in [-0.39, 0.29) is 0 Å². The first-order valence-electron chi connectivity index (χ1n) is 3.70. The molecule has 2 aliphatic rings. The fraction of sp³-hybridized carbons (Fsp3) is 0.222. The van der Waals surface area contributed by atoms with Crippen molar-refractivity contribution < 1.29 is 4.74 Å². The zero-order valence-corrected chi connectivity index (χ0v) is 6.16. The van der Waals surface area contributed by atoms with Crippen molar-refractivity contribution in [2.24, 2.45) is 4.99 Å². The van der Waals surface area contributed by atoms with Crippen molar-refractivity contribution >= 4 is 5.90 Å². The standard InChI is InChI=1S/C9H9NO/c1-2-4-8-5-7-11-9(8)10-6-3-1/h1-4,6H,5,7H2/b2-1+,3-1?,4-2?,6-3-,8-4+,10-6?,10-9+. The molecule has 2 nitrogen and oxygen atoms in total. The molecule has 2 aliphatic heterocycles. The van der Waals surface area contributed by atoms with E-state index >= 15 is 0 Å². The third-order valence-electron chi connectivity index (χ3n) is 1.68. The molecular weight excluding hydrogens is 138 g/mol. The second-order valence-corrected chi connectivity index (χ2v) is 2.45. The molecule has 56 valence electrons. The number of aliphatic imine (C=N–C) groups is 1. The maximum Gasteiger partial charge on any atom is 0.216 e. The van der Waals surface area contributed by atoms with E-state index in [1.54, 1.807) is 6.20 Å². The van der Waals surface area contributed by atoms with E-state index in [0.717, 1.165) is 18.9 Å². The second-order valence-electron chi connectivity index (χ2n) is 2.45. The van der Waals surface area contributed by atoms with Gasteiger partial charge < -0.3 is 4.74 Å². The maximum atomic E-state index is 5.29. The lowest BCUT2D eigenvalue weighted by Gasteiger charge is -1.96. The maximum absolute atomic E-state index is 5.29. The molecule has 0 saturated carbocycles. The number of allylic oxidation sites excluding steroid dienone is 4. The number of hydrogen-bond acceptors (Lipinski definition) is 2. The molecule has 0 spiro atoms. The van der Waals surface area contributed by atoms with Crippen molar-refractivity contribution in [2.75, 3.05) is 6.61 Å². The molecule has 0 aromatic carbocycles. The Balaban J connectivity index is 2.35. The van der Waals surface area contributed by atoms with Gasteiger partial charge in [-0.3, -0.25) is 0 Å². The van der Waals surface area contributed by atoms with Gasteiger partial charge >= 0.3 is 0 Å². The minimum Gasteiger partial charge on any atom is -0.477 e. The highest BCUT2D eigenvalue weighted by Gasteiger charge is 2.15. The summed E-state index contributed by atoms with van der Waals surface area (Å²) in [5.74, 6) is 0.783. The molecule has 0 aromatic rings. The molecule has 2 rings (SSSR count). The third kappa shape index (κ3) is 1.24. The molecule has 1 fully saturated rings. The molecule has 2 heterocycles. The number of fused-ring (bicyclic) bond motifs is 1. The van der Waals surface area contributed by atoms with Crippen LogP contribution in [0.4, 0.5) is 0 Å². The summed E-state index contributed by atoms with van der Waals surface area (Å²) in [5, 5.41) is 0. The van der Waals surface area contributed by atoms with Crippen LogP contribution in [0.5, 0.6) is 0 Å². The summed E-state index contributed by atoms with van der Waals surface area (Å²) in [4.78, 5) is 4.14. The van der Waals surface area contributed by atoms with Crippen LogP contribution in [0.25, 0.3) is 0 Å². The summed E-state index contributed by atoms with van der Waals surface area (Å²) in [6, 6.07) is 0. The SMILES string of the molecule is C1=C\N=C2\OCC\C2=C/C=C/1. The smallest absolute Gasteiger partial charge is 0.216 e. The average molecular weight is 147 g/mol. The van der Waals surface area contributed by atoms with E-state index in [2.05, 4.69) is 11.1 Å². The van der Waals surface area contributed by atoms with E-state index < -0.39 is 0 Å². The molecule has 1 saturated heterocycles. The van der Waals surface area contributed by atoms with E-state index in [0.29, 0.717) is 0 Å². The summed E-state index contributed by atoms with van der Waals surface area (Å²) >= 11 is 0. The Bertz CT molecular complexity index is 243. The Kier molecular flexibility index (Phi) is 1.60. The van der Waals surface area contributed by atoms with Crippen molar-refractivity contribution in [3.63, 3.8) is 0 Å². The van der Waals surface area contributed by atoms with Gasteiger partial charge in [-0.25, -0.2) is 4.99 Å². The zero-order chi connectivity index (χ0) is 7.52. The van der Waals surface area contributed by atoms with Gasteiger partial charge in [-0.15, -0.1) is 0 Å². The fourth-order valence-electron chi connectivity index (χ4n) is 1.13. The van der Waals surface area contributed by atoms with E-state index in [1.807, 2.05) is 18.2 Å². The van der Waals surface area contributed by atoms with E-state index in [9.17, 15) is 0 Å². The molecular formula is C9H9NO. The monoisotopic (exact) mass is 147 g/mol. The van der Waals surface area contributed by atoms with Gasteiger partial charge in [0.1, 0.15) is 0 Å². The predicted octanol–water partition coefficient (Wildman–Crippen LogP) is 1.82. The lowest BCUT2D eigenvalue weighted by molar-refractivity contribution is 0.343. The van der Waals surface area contributed by atoms with Crippen LogP contribution >= 0.6 is 0 Å². The van der Waals surface area contributed by atoms with Gasteiger partial charge in [0.2, 0.25) is 5.90 Å². The van der Waals surface area contributed by atoms with Crippen molar-refractivity contribution in [1.29, 1.82) is 0 Å². The molecule has 0 aromatic heterocycles. The zero-order valence-electron chi connectivity index (χ0n) is 6.16. The number of ether oxygens (including phenoxy) is 1. The predicted molar refractivity (Wildman–Crippen MR) is 44.4 cm³/mol. The van der Waals surface area contributed by atoms with Gasteiger partial charge in [0.25, 0.3) is 0 Å². The van der Waals surface area contributed by atoms with Crippen LogP contribution in [0.1, 0.15) is 6.42 Å². The summed E-state index contributed by atoms with van der Waals surface area (Å²) in [5.41, 5.74) is 1.20. The highest BCUT2D eigenvalue weighted by Crippen LogP contribution is 2.15. The van der Waals surface area contributed by atoms with Crippen molar-refractivity contribution in [2.45, 2.75) is 6.42 Å². The lowest BCUT2D eigenvalue weighted by Crippen LogP contribution is -1.95. The van der Waals surface area contributed by atoms with Gasteiger partial charge in [-0.2, -0.15) is 0 Å². The van der Waals surface area contributed by atoms with Crippen molar-refractivity contribution in [3.05, 3.63) is 36.1 Å². The van der Waals surface area contributed by atoms with Gasteiger partial charge in [0, 0.05) is 18.2 Å². The quantitative estimate of drug-likeness (QED) is 0.512. The Labute approximate surface area is 65.6 Å². The van der Waals surface area contributed by atoms with Crippen LogP contribution in [0.2, 0.25) is 0 Å². The van der Waals surface area contributed by atoms with Crippen molar-refractivity contribution in [1.82, 2.24) is 0 Å². The van der Waals surface area contributed by atoms with E-state index in [1.165, 1.54) is 5.57 Å². The normalized spacial score (nSPS) is 36.4. The first-order valence-corrected chi connectivity index (χ1v) is 3.70. The molecule has 11 heavy (non-hydrogen) atoms. The van der Waals surface area contributed by atoms with E-state index in [4.69, 9.17) is 4.74 Å². The number of hydrogen-bond donors (Lipinski definition) is 0. The Hall–Kier alpha value is -1.31. The van der Waals surface area contributed by atoms with Crippen LogP contribution < -0.4 is 0 Å². The van der Waals surface area contributed by atoms with Crippen LogP contribution in [0.3, 0.4) is 0 Å². The largest absolute Gasteiger partial charge is 0.477 e. The average Bonchev–Trinajstić information content (AvgIpc) is 2.35. The summed E-state index contributed by atoms with van der Waals surface area (Å²) in [6.07, 6.45) is 10.7. The van der Waals surface area contributed by atoms with Crippen LogP contribution in [0.15, 0.2) is 41.1 Å². The molecule has 0 atom stereocenters. The minimum atomic E-state index is 0.770. The Morgan fingerprint density at radius 2 is 2.27 bits per heavy atom. The second kappa shape index (κ2) is 2.74. The molecule has 0 radical (unpaired) electrons. The first kappa shape index (κ1) is 6.40. The topological polar surface area (TPSA) is 21.6 Å². The summed E-state index contributed by atoms with van der Waals surface area (Å²) in [7, 11) is 0. The molecule has 2 heteroatoms. The van der Waals surface area contributed by atoms with Gasteiger partial charge in [0.15, 0.2) is 0 Å².